The largest absolute Gasteiger partial charge is 0.394 e. The Kier molecular flexibility index (Phi) is 5.17. The molecule has 2 rings (SSSR count). The summed E-state index contributed by atoms with van der Waals surface area (Å²) in [5.41, 5.74) is 0.942. The third kappa shape index (κ3) is 3.20. The second-order valence-corrected chi connectivity index (χ2v) is 5.60. The van der Waals surface area contributed by atoms with Crippen LogP contribution in [-0.4, -0.2) is 33.8 Å². The number of anilines is 2. The molecule has 1 fully saturated rings. The van der Waals surface area contributed by atoms with Gasteiger partial charge in [-0.3, -0.25) is 0 Å². The molecule has 1 aromatic rings. The summed E-state index contributed by atoms with van der Waals surface area (Å²) < 4.78 is 0. The number of nitrogens with zero attached hydrogens (tertiary/aromatic N) is 2. The summed E-state index contributed by atoms with van der Waals surface area (Å²) in [6, 6.07) is 0. The summed E-state index contributed by atoms with van der Waals surface area (Å²) in [5, 5.41) is 16.6. The molecule has 0 atom stereocenters. The highest BCUT2D eigenvalue weighted by molar-refractivity contribution is 5.58. The van der Waals surface area contributed by atoms with Crippen LogP contribution in [0, 0.1) is 0 Å². The third-order valence-electron chi connectivity index (χ3n) is 4.04. The number of aliphatic hydroxyl groups excluding tert-OH is 1. The number of aliphatic hydroxyl groups is 1. The summed E-state index contributed by atoms with van der Waals surface area (Å²) in [7, 11) is 0. The highest BCUT2D eigenvalue weighted by Gasteiger charge is 2.34. The SMILES string of the molecule is CCCc1c(NCC)ncnc1NC1(CO)CCCC1. The molecule has 1 aliphatic carbocycles. The van der Waals surface area contributed by atoms with Gasteiger partial charge in [0.1, 0.15) is 18.0 Å². The molecule has 0 bridgehead atoms. The van der Waals surface area contributed by atoms with Gasteiger partial charge < -0.3 is 15.7 Å². The molecule has 1 heterocycles. The van der Waals surface area contributed by atoms with Crippen molar-refractivity contribution in [1.82, 2.24) is 9.97 Å². The summed E-state index contributed by atoms with van der Waals surface area (Å²) in [6.45, 7) is 5.23. The lowest BCUT2D eigenvalue weighted by Gasteiger charge is -2.30. The van der Waals surface area contributed by atoms with E-state index in [1.54, 1.807) is 6.33 Å². The fraction of sp³-hybridized carbons (Fsp3) is 0.733. The average molecular weight is 278 g/mol. The zero-order valence-corrected chi connectivity index (χ0v) is 12.6. The van der Waals surface area contributed by atoms with Gasteiger partial charge in [0.15, 0.2) is 0 Å². The predicted molar refractivity (Wildman–Crippen MR) is 82.1 cm³/mol. The monoisotopic (exact) mass is 278 g/mol. The maximum Gasteiger partial charge on any atom is 0.135 e. The average Bonchev–Trinajstić information content (AvgIpc) is 2.92. The Labute approximate surface area is 121 Å². The van der Waals surface area contributed by atoms with Crippen LogP contribution in [0.5, 0.6) is 0 Å². The van der Waals surface area contributed by atoms with Gasteiger partial charge in [-0.05, 0) is 26.2 Å². The topological polar surface area (TPSA) is 70.1 Å². The zero-order chi connectivity index (χ0) is 14.4. The van der Waals surface area contributed by atoms with Crippen LogP contribution < -0.4 is 10.6 Å². The molecule has 1 aromatic heterocycles. The Morgan fingerprint density at radius 1 is 1.20 bits per heavy atom. The second kappa shape index (κ2) is 6.88. The van der Waals surface area contributed by atoms with Crippen LogP contribution in [0.4, 0.5) is 11.6 Å². The number of hydrogen-bond donors (Lipinski definition) is 3. The van der Waals surface area contributed by atoms with Crippen LogP contribution in [0.1, 0.15) is 51.5 Å². The maximum atomic E-state index is 9.75. The van der Waals surface area contributed by atoms with E-state index in [0.717, 1.165) is 49.4 Å². The smallest absolute Gasteiger partial charge is 0.135 e. The Balaban J connectivity index is 2.27. The predicted octanol–water partition coefficient (Wildman–Crippen LogP) is 2.58. The van der Waals surface area contributed by atoms with Gasteiger partial charge in [0, 0.05) is 12.1 Å². The molecular weight excluding hydrogens is 252 g/mol. The number of rotatable bonds is 7. The molecule has 3 N–H and O–H groups in total. The Morgan fingerprint density at radius 2 is 1.90 bits per heavy atom. The summed E-state index contributed by atoms with van der Waals surface area (Å²) in [4.78, 5) is 8.77. The van der Waals surface area contributed by atoms with Gasteiger partial charge >= 0.3 is 0 Å². The highest BCUT2D eigenvalue weighted by atomic mass is 16.3. The van der Waals surface area contributed by atoms with Crippen molar-refractivity contribution in [2.45, 2.75) is 57.9 Å². The van der Waals surface area contributed by atoms with Crippen LogP contribution in [0.15, 0.2) is 6.33 Å². The molecule has 5 nitrogen and oxygen atoms in total. The van der Waals surface area contributed by atoms with E-state index in [0.29, 0.717) is 0 Å². The zero-order valence-electron chi connectivity index (χ0n) is 12.6. The lowest BCUT2D eigenvalue weighted by Crippen LogP contribution is -2.39. The molecule has 0 saturated heterocycles. The molecule has 112 valence electrons. The standard InChI is InChI=1S/C15H26N4O/c1-3-7-12-13(16-4-2)17-11-18-14(12)19-15(10-20)8-5-6-9-15/h11,20H,3-10H2,1-2H3,(H2,16,17,18,19). The van der Waals surface area contributed by atoms with Crippen LogP contribution in [-0.2, 0) is 6.42 Å². The van der Waals surface area contributed by atoms with Crippen molar-refractivity contribution >= 4 is 11.6 Å². The fourth-order valence-electron chi connectivity index (χ4n) is 2.95. The first-order valence-electron chi connectivity index (χ1n) is 7.71. The van der Waals surface area contributed by atoms with Gasteiger partial charge in [-0.25, -0.2) is 9.97 Å². The van der Waals surface area contributed by atoms with E-state index in [2.05, 4.69) is 34.4 Å². The van der Waals surface area contributed by atoms with Gasteiger partial charge in [0.05, 0.1) is 12.1 Å². The van der Waals surface area contributed by atoms with E-state index in [4.69, 9.17) is 0 Å². The minimum atomic E-state index is -0.194. The van der Waals surface area contributed by atoms with Crippen LogP contribution in [0.25, 0.3) is 0 Å². The molecule has 5 heteroatoms. The van der Waals surface area contributed by atoms with Gasteiger partial charge in [-0.2, -0.15) is 0 Å². The first kappa shape index (κ1) is 15.0. The molecule has 1 aliphatic rings. The van der Waals surface area contributed by atoms with Crippen molar-refractivity contribution in [1.29, 1.82) is 0 Å². The van der Waals surface area contributed by atoms with E-state index < -0.39 is 0 Å². The maximum absolute atomic E-state index is 9.75. The minimum absolute atomic E-state index is 0.166. The Morgan fingerprint density at radius 3 is 2.50 bits per heavy atom. The van der Waals surface area contributed by atoms with E-state index in [1.807, 2.05) is 0 Å². The van der Waals surface area contributed by atoms with Crippen molar-refractivity contribution in [3.05, 3.63) is 11.9 Å². The molecule has 0 unspecified atom stereocenters. The molecule has 0 aliphatic heterocycles. The molecule has 0 spiro atoms. The first-order valence-corrected chi connectivity index (χ1v) is 7.71. The van der Waals surface area contributed by atoms with Crippen molar-refractivity contribution in [2.24, 2.45) is 0 Å². The van der Waals surface area contributed by atoms with E-state index in [-0.39, 0.29) is 12.1 Å². The number of aromatic nitrogens is 2. The van der Waals surface area contributed by atoms with Crippen molar-refractivity contribution in [2.75, 3.05) is 23.8 Å². The number of nitrogens with one attached hydrogen (secondary N) is 2. The third-order valence-corrected chi connectivity index (χ3v) is 4.04. The lowest BCUT2D eigenvalue weighted by molar-refractivity contribution is 0.213. The normalized spacial score (nSPS) is 17.1. The van der Waals surface area contributed by atoms with Crippen molar-refractivity contribution in [3.63, 3.8) is 0 Å². The number of hydrogen-bond acceptors (Lipinski definition) is 5. The minimum Gasteiger partial charge on any atom is -0.394 e. The molecule has 1 saturated carbocycles. The molecule has 0 radical (unpaired) electrons. The van der Waals surface area contributed by atoms with Gasteiger partial charge in [-0.1, -0.05) is 26.2 Å². The molecule has 0 aromatic carbocycles. The van der Waals surface area contributed by atoms with E-state index in [9.17, 15) is 5.11 Å². The molecular formula is C15H26N4O. The van der Waals surface area contributed by atoms with E-state index >= 15 is 0 Å². The summed E-state index contributed by atoms with van der Waals surface area (Å²) in [6.07, 6.45) is 7.94. The first-order chi connectivity index (χ1) is 9.74. The second-order valence-electron chi connectivity index (χ2n) is 5.60. The summed E-state index contributed by atoms with van der Waals surface area (Å²) in [5.74, 6) is 1.80. The lowest BCUT2D eigenvalue weighted by atomic mass is 9.98. The van der Waals surface area contributed by atoms with Crippen LogP contribution in [0.3, 0.4) is 0 Å². The Hall–Kier alpha value is -1.36. The van der Waals surface area contributed by atoms with Gasteiger partial charge in [0.25, 0.3) is 0 Å². The highest BCUT2D eigenvalue weighted by Crippen LogP contribution is 2.34. The van der Waals surface area contributed by atoms with Gasteiger partial charge in [0.2, 0.25) is 0 Å². The van der Waals surface area contributed by atoms with Crippen LogP contribution >= 0.6 is 0 Å². The van der Waals surface area contributed by atoms with Crippen molar-refractivity contribution < 1.29 is 5.11 Å². The van der Waals surface area contributed by atoms with Crippen LogP contribution in [0.2, 0.25) is 0 Å². The van der Waals surface area contributed by atoms with Crippen molar-refractivity contribution in [3.8, 4) is 0 Å². The van der Waals surface area contributed by atoms with E-state index in [1.165, 1.54) is 12.8 Å². The van der Waals surface area contributed by atoms with Gasteiger partial charge in [-0.15, -0.1) is 0 Å². The molecule has 20 heavy (non-hydrogen) atoms. The molecule has 0 amide bonds. The quantitative estimate of drug-likeness (QED) is 0.715. The summed E-state index contributed by atoms with van der Waals surface area (Å²) >= 11 is 0. The Bertz CT molecular complexity index is 430. The fourth-order valence-corrected chi connectivity index (χ4v) is 2.95.